The smallest absolute Gasteiger partial charge is 0.136 e. The van der Waals surface area contributed by atoms with Gasteiger partial charge in [0, 0.05) is 23.8 Å². The van der Waals surface area contributed by atoms with Crippen LogP contribution in [0.3, 0.4) is 0 Å². The maximum Gasteiger partial charge on any atom is 0.136 e. The number of benzene rings is 1. The van der Waals surface area contributed by atoms with E-state index < -0.39 is 6.10 Å². The Morgan fingerprint density at radius 2 is 2.18 bits per heavy atom. The first-order valence-corrected chi connectivity index (χ1v) is 5.65. The van der Waals surface area contributed by atoms with E-state index in [4.69, 9.17) is 16.7 Å². The molecular weight excluding hydrogens is 240 g/mol. The highest BCUT2D eigenvalue weighted by Crippen LogP contribution is 2.23. The number of nitrogens with zero attached hydrogens (tertiary/aromatic N) is 1. The Labute approximate surface area is 104 Å². The Kier molecular flexibility index (Phi) is 3.78. The summed E-state index contributed by atoms with van der Waals surface area (Å²) in [5, 5.41) is 23.3. The lowest BCUT2D eigenvalue weighted by molar-refractivity contribution is 0.105. The molecule has 1 heterocycles. The second-order valence-corrected chi connectivity index (χ2v) is 4.11. The summed E-state index contributed by atoms with van der Waals surface area (Å²) in [6, 6.07) is 7.53. The van der Waals surface area contributed by atoms with Crippen LogP contribution in [0.25, 0.3) is 10.8 Å². The summed E-state index contributed by atoms with van der Waals surface area (Å²) < 4.78 is 0. The van der Waals surface area contributed by atoms with Gasteiger partial charge in [-0.25, -0.2) is 4.98 Å². The zero-order chi connectivity index (χ0) is 12.3. The van der Waals surface area contributed by atoms with E-state index >= 15 is 0 Å². The van der Waals surface area contributed by atoms with E-state index in [-0.39, 0.29) is 6.61 Å². The number of aromatic nitrogens is 1. The average Bonchev–Trinajstić information content (AvgIpc) is 2.36. The zero-order valence-electron chi connectivity index (χ0n) is 9.10. The molecular formula is C12H13ClN2O2. The minimum absolute atomic E-state index is 0.254. The number of fused-ring (bicyclic) bond motifs is 1. The van der Waals surface area contributed by atoms with Crippen molar-refractivity contribution in [1.29, 1.82) is 0 Å². The summed E-state index contributed by atoms with van der Waals surface area (Å²) in [4.78, 5) is 4.00. The zero-order valence-corrected chi connectivity index (χ0v) is 9.85. The van der Waals surface area contributed by atoms with Crippen LogP contribution in [0.4, 0.5) is 5.69 Å². The van der Waals surface area contributed by atoms with Gasteiger partial charge in [-0.15, -0.1) is 0 Å². The maximum absolute atomic E-state index is 9.23. The minimum Gasteiger partial charge on any atom is -0.394 e. The van der Waals surface area contributed by atoms with Crippen molar-refractivity contribution in [3.05, 3.63) is 35.6 Å². The number of pyridine rings is 1. The van der Waals surface area contributed by atoms with Gasteiger partial charge in [0.2, 0.25) is 0 Å². The van der Waals surface area contributed by atoms with E-state index in [9.17, 15) is 5.11 Å². The van der Waals surface area contributed by atoms with Gasteiger partial charge in [-0.2, -0.15) is 0 Å². The van der Waals surface area contributed by atoms with Crippen molar-refractivity contribution in [3.63, 3.8) is 0 Å². The van der Waals surface area contributed by atoms with Crippen LogP contribution in [0, 0.1) is 0 Å². The van der Waals surface area contributed by atoms with E-state index in [2.05, 4.69) is 10.3 Å². The van der Waals surface area contributed by atoms with Gasteiger partial charge in [0.05, 0.1) is 12.7 Å². The number of rotatable bonds is 4. The molecule has 1 aromatic heterocycles. The topological polar surface area (TPSA) is 65.4 Å². The number of hydrogen-bond donors (Lipinski definition) is 3. The van der Waals surface area contributed by atoms with Crippen molar-refractivity contribution in [3.8, 4) is 0 Å². The first-order valence-electron chi connectivity index (χ1n) is 5.28. The SMILES string of the molecule is OCC(O)CNc1ccc2c(Cl)nccc2c1. The lowest BCUT2D eigenvalue weighted by Gasteiger charge is -2.11. The highest BCUT2D eigenvalue weighted by molar-refractivity contribution is 6.34. The summed E-state index contributed by atoms with van der Waals surface area (Å²) >= 11 is 5.95. The van der Waals surface area contributed by atoms with Gasteiger partial charge >= 0.3 is 0 Å². The lowest BCUT2D eigenvalue weighted by atomic mass is 10.1. The highest BCUT2D eigenvalue weighted by atomic mass is 35.5. The number of aliphatic hydroxyl groups is 2. The molecule has 4 nitrogen and oxygen atoms in total. The van der Waals surface area contributed by atoms with Crippen LogP contribution in [0.1, 0.15) is 0 Å². The third kappa shape index (κ3) is 2.85. The fraction of sp³-hybridized carbons (Fsp3) is 0.250. The monoisotopic (exact) mass is 252 g/mol. The van der Waals surface area contributed by atoms with Gasteiger partial charge in [0.15, 0.2) is 0 Å². The third-order valence-electron chi connectivity index (χ3n) is 2.47. The molecule has 1 aromatic carbocycles. The summed E-state index contributed by atoms with van der Waals surface area (Å²) in [5.74, 6) is 0. The fourth-order valence-electron chi connectivity index (χ4n) is 1.55. The average molecular weight is 253 g/mol. The van der Waals surface area contributed by atoms with E-state index in [0.717, 1.165) is 16.5 Å². The first kappa shape index (κ1) is 12.1. The van der Waals surface area contributed by atoms with E-state index in [1.807, 2.05) is 24.3 Å². The van der Waals surface area contributed by atoms with Crippen molar-refractivity contribution in [2.45, 2.75) is 6.10 Å². The number of nitrogens with one attached hydrogen (secondary N) is 1. The largest absolute Gasteiger partial charge is 0.394 e. The summed E-state index contributed by atoms with van der Waals surface area (Å²) in [6.07, 6.45) is 0.892. The molecule has 5 heteroatoms. The second kappa shape index (κ2) is 5.31. The number of halogens is 1. The van der Waals surface area contributed by atoms with Gasteiger partial charge in [0.25, 0.3) is 0 Å². The van der Waals surface area contributed by atoms with E-state index in [0.29, 0.717) is 11.7 Å². The Bertz CT molecular complexity index is 519. The van der Waals surface area contributed by atoms with E-state index in [1.54, 1.807) is 6.20 Å². The van der Waals surface area contributed by atoms with E-state index in [1.165, 1.54) is 0 Å². The second-order valence-electron chi connectivity index (χ2n) is 3.75. The van der Waals surface area contributed by atoms with Crippen LogP contribution in [-0.4, -0.2) is 34.5 Å². The molecule has 1 atom stereocenters. The van der Waals surface area contributed by atoms with Crippen molar-refractivity contribution >= 4 is 28.1 Å². The number of hydrogen-bond acceptors (Lipinski definition) is 4. The molecule has 1 unspecified atom stereocenters. The first-order chi connectivity index (χ1) is 8.20. The van der Waals surface area contributed by atoms with Gasteiger partial charge in [0.1, 0.15) is 5.15 Å². The Hall–Kier alpha value is -1.36. The molecule has 0 saturated carbocycles. The Morgan fingerprint density at radius 3 is 2.94 bits per heavy atom. The number of anilines is 1. The molecule has 2 aromatic rings. The maximum atomic E-state index is 9.23. The Balaban J connectivity index is 2.20. The fourth-order valence-corrected chi connectivity index (χ4v) is 1.78. The molecule has 0 spiro atoms. The van der Waals surface area contributed by atoms with Gasteiger partial charge in [-0.05, 0) is 29.7 Å². The quantitative estimate of drug-likeness (QED) is 0.724. The predicted octanol–water partition coefficient (Wildman–Crippen LogP) is 1.65. The molecule has 17 heavy (non-hydrogen) atoms. The molecule has 0 fully saturated rings. The predicted molar refractivity (Wildman–Crippen MR) is 68.3 cm³/mol. The molecule has 0 aliphatic carbocycles. The Morgan fingerprint density at radius 1 is 1.35 bits per heavy atom. The third-order valence-corrected chi connectivity index (χ3v) is 2.77. The summed E-state index contributed by atoms with van der Waals surface area (Å²) in [5.41, 5.74) is 0.868. The van der Waals surface area contributed by atoms with Crippen molar-refractivity contribution in [2.24, 2.45) is 0 Å². The molecule has 0 saturated heterocycles. The van der Waals surface area contributed by atoms with Gasteiger partial charge < -0.3 is 15.5 Å². The lowest BCUT2D eigenvalue weighted by Crippen LogP contribution is -2.22. The normalized spacial score (nSPS) is 12.6. The summed E-state index contributed by atoms with van der Waals surface area (Å²) in [7, 11) is 0. The van der Waals surface area contributed by atoms with Crippen LogP contribution in [-0.2, 0) is 0 Å². The standard InChI is InChI=1S/C12H13ClN2O2/c13-12-11-2-1-9(15-6-10(17)7-16)5-8(11)3-4-14-12/h1-5,10,15-17H,6-7H2. The molecule has 0 radical (unpaired) electrons. The molecule has 0 bridgehead atoms. The molecule has 90 valence electrons. The number of aliphatic hydroxyl groups excluding tert-OH is 2. The van der Waals surface area contributed by atoms with Gasteiger partial charge in [-0.1, -0.05) is 11.6 Å². The van der Waals surface area contributed by atoms with Crippen LogP contribution < -0.4 is 5.32 Å². The van der Waals surface area contributed by atoms with Crippen LogP contribution in [0.2, 0.25) is 5.15 Å². The van der Waals surface area contributed by atoms with Crippen molar-refractivity contribution in [2.75, 3.05) is 18.5 Å². The van der Waals surface area contributed by atoms with Crippen LogP contribution in [0.15, 0.2) is 30.5 Å². The molecule has 0 aliphatic heterocycles. The highest BCUT2D eigenvalue weighted by Gasteiger charge is 2.03. The van der Waals surface area contributed by atoms with Gasteiger partial charge in [-0.3, -0.25) is 0 Å². The van der Waals surface area contributed by atoms with Crippen molar-refractivity contribution in [1.82, 2.24) is 4.98 Å². The van der Waals surface area contributed by atoms with Crippen LogP contribution in [0.5, 0.6) is 0 Å². The minimum atomic E-state index is -0.758. The van der Waals surface area contributed by atoms with Crippen molar-refractivity contribution < 1.29 is 10.2 Å². The molecule has 0 aliphatic rings. The molecule has 2 rings (SSSR count). The van der Waals surface area contributed by atoms with Crippen LogP contribution >= 0.6 is 11.6 Å². The molecule has 3 N–H and O–H groups in total. The molecule has 0 amide bonds. The summed E-state index contributed by atoms with van der Waals surface area (Å²) in [6.45, 7) is 0.0527.